The van der Waals surface area contributed by atoms with Crippen LogP contribution in [0.2, 0.25) is 0 Å². The lowest BCUT2D eigenvalue weighted by atomic mass is 9.98. The fourth-order valence-corrected chi connectivity index (χ4v) is 7.00. The Hall–Kier alpha value is -4.52. The van der Waals surface area contributed by atoms with Crippen molar-refractivity contribution in [2.75, 3.05) is 19.4 Å². The van der Waals surface area contributed by atoms with E-state index in [4.69, 9.17) is 9.47 Å². The van der Waals surface area contributed by atoms with Crippen LogP contribution in [0.5, 0.6) is 0 Å². The average Bonchev–Trinajstić information content (AvgIpc) is 3.36. The van der Waals surface area contributed by atoms with Gasteiger partial charge < -0.3 is 19.7 Å². The van der Waals surface area contributed by atoms with Crippen LogP contribution in [0.4, 0.5) is 4.79 Å². The summed E-state index contributed by atoms with van der Waals surface area (Å²) in [6, 6.07) is 33.4. The molecule has 1 amide bonds. The standard InChI is InChI=1S/C35H34NO7P/c1-24(36-35(39)43-21-32-30-18-10-8-16-28(30)29-17-9-11-19-31(29)32)44(40,41)23-27(20-25-12-4-2-5-13-25)34(38)42-22-33(37)26-14-6-3-7-15-26/h2-19,24,27,32H,20-23H2,1H3,(H,36,39)(H,40,41). The van der Waals surface area contributed by atoms with Crippen LogP contribution in [0.25, 0.3) is 11.1 Å². The molecule has 0 aromatic heterocycles. The molecule has 4 aromatic rings. The summed E-state index contributed by atoms with van der Waals surface area (Å²) in [7, 11) is -4.14. The highest BCUT2D eigenvalue weighted by atomic mass is 31.2. The Morgan fingerprint density at radius 2 is 1.34 bits per heavy atom. The van der Waals surface area contributed by atoms with Crippen molar-refractivity contribution in [1.29, 1.82) is 0 Å². The lowest BCUT2D eigenvalue weighted by molar-refractivity contribution is -0.146. The van der Waals surface area contributed by atoms with Gasteiger partial charge >= 0.3 is 12.1 Å². The van der Waals surface area contributed by atoms with Gasteiger partial charge in [0.1, 0.15) is 12.4 Å². The van der Waals surface area contributed by atoms with Crippen LogP contribution in [0.1, 0.15) is 39.9 Å². The summed E-state index contributed by atoms with van der Waals surface area (Å²) in [6.45, 7) is 0.976. The molecule has 0 bridgehead atoms. The molecule has 4 aromatic carbocycles. The zero-order chi connectivity index (χ0) is 31.1. The molecule has 0 saturated carbocycles. The van der Waals surface area contributed by atoms with Gasteiger partial charge in [0, 0.05) is 17.6 Å². The number of hydrogen-bond donors (Lipinski definition) is 2. The highest BCUT2D eigenvalue weighted by Gasteiger charge is 2.36. The largest absolute Gasteiger partial charge is 0.457 e. The third kappa shape index (κ3) is 7.33. The number of alkyl carbamates (subject to hydrolysis) is 1. The van der Waals surface area contributed by atoms with Crippen LogP contribution in [-0.2, 0) is 25.3 Å². The predicted octanol–water partition coefficient (Wildman–Crippen LogP) is 6.43. The van der Waals surface area contributed by atoms with E-state index in [1.165, 1.54) is 6.92 Å². The maximum Gasteiger partial charge on any atom is 0.407 e. The first-order chi connectivity index (χ1) is 21.2. The van der Waals surface area contributed by atoms with Gasteiger partial charge in [-0.25, -0.2) is 4.79 Å². The average molecular weight is 612 g/mol. The Morgan fingerprint density at radius 3 is 1.95 bits per heavy atom. The summed E-state index contributed by atoms with van der Waals surface area (Å²) in [6.07, 6.45) is -1.16. The quantitative estimate of drug-likeness (QED) is 0.108. The van der Waals surface area contributed by atoms with Crippen LogP contribution < -0.4 is 5.32 Å². The summed E-state index contributed by atoms with van der Waals surface area (Å²) in [5, 5.41) is 2.49. The van der Waals surface area contributed by atoms with Crippen LogP contribution >= 0.6 is 7.37 Å². The number of rotatable bonds is 12. The normalized spacial score (nSPS) is 14.8. The van der Waals surface area contributed by atoms with Gasteiger partial charge in [0.15, 0.2) is 12.4 Å². The third-order valence-corrected chi connectivity index (χ3v) is 10.2. The summed E-state index contributed by atoms with van der Waals surface area (Å²) >= 11 is 0. The number of carbonyl (C=O) groups is 3. The summed E-state index contributed by atoms with van der Waals surface area (Å²) in [4.78, 5) is 49.5. The highest BCUT2D eigenvalue weighted by Crippen LogP contribution is 2.48. The number of benzene rings is 4. The lowest BCUT2D eigenvalue weighted by Crippen LogP contribution is -2.36. The van der Waals surface area contributed by atoms with Gasteiger partial charge in [-0.2, -0.15) is 0 Å². The van der Waals surface area contributed by atoms with Crippen LogP contribution in [0, 0.1) is 5.92 Å². The minimum Gasteiger partial charge on any atom is -0.457 e. The van der Waals surface area contributed by atoms with Crippen molar-refractivity contribution < 1.29 is 33.3 Å². The van der Waals surface area contributed by atoms with Crippen LogP contribution in [-0.4, -0.2) is 47.9 Å². The minimum atomic E-state index is -4.14. The molecular formula is C35H34NO7P. The summed E-state index contributed by atoms with van der Waals surface area (Å²) < 4.78 is 24.4. The second kappa shape index (κ2) is 13.8. The predicted molar refractivity (Wildman–Crippen MR) is 168 cm³/mol. The van der Waals surface area contributed by atoms with E-state index in [9.17, 15) is 23.8 Å². The molecule has 1 aliphatic rings. The van der Waals surface area contributed by atoms with Gasteiger partial charge in [0.05, 0.1) is 5.92 Å². The maximum absolute atomic E-state index is 13.5. The summed E-state index contributed by atoms with van der Waals surface area (Å²) in [5.41, 5.74) is 5.44. The number of hydrogen-bond acceptors (Lipinski definition) is 6. The molecule has 44 heavy (non-hydrogen) atoms. The van der Waals surface area contributed by atoms with E-state index < -0.39 is 43.9 Å². The van der Waals surface area contributed by atoms with Gasteiger partial charge in [-0.05, 0) is 41.2 Å². The molecule has 0 fully saturated rings. The smallest absolute Gasteiger partial charge is 0.407 e. The first-order valence-electron chi connectivity index (χ1n) is 14.4. The Bertz CT molecular complexity index is 1630. The van der Waals surface area contributed by atoms with E-state index in [0.29, 0.717) is 5.56 Å². The van der Waals surface area contributed by atoms with E-state index in [1.807, 2.05) is 54.6 Å². The highest BCUT2D eigenvalue weighted by molar-refractivity contribution is 7.58. The Kier molecular flexibility index (Phi) is 9.73. The number of esters is 1. The molecule has 5 rings (SSSR count). The number of carbonyl (C=O) groups excluding carboxylic acids is 3. The number of nitrogens with one attached hydrogen (secondary N) is 1. The van der Waals surface area contributed by atoms with E-state index in [1.54, 1.807) is 54.6 Å². The van der Waals surface area contributed by atoms with Crippen molar-refractivity contribution >= 4 is 25.2 Å². The SMILES string of the molecule is CC(NC(=O)OCC1c2ccccc2-c2ccccc21)P(=O)(O)CC(Cc1ccccc1)C(=O)OCC(=O)c1ccccc1. The molecule has 0 aliphatic heterocycles. The molecule has 1 aliphatic carbocycles. The number of ketones is 1. The monoisotopic (exact) mass is 611 g/mol. The van der Waals surface area contributed by atoms with Crippen molar-refractivity contribution in [2.45, 2.75) is 25.0 Å². The fraction of sp³-hybridized carbons (Fsp3) is 0.229. The molecule has 3 atom stereocenters. The van der Waals surface area contributed by atoms with Crippen LogP contribution in [0.15, 0.2) is 109 Å². The third-order valence-electron chi connectivity index (χ3n) is 7.86. The van der Waals surface area contributed by atoms with E-state index >= 15 is 0 Å². The molecular weight excluding hydrogens is 577 g/mol. The fourth-order valence-electron chi connectivity index (χ4n) is 5.47. The van der Waals surface area contributed by atoms with Crippen molar-refractivity contribution in [3.63, 3.8) is 0 Å². The molecule has 2 N–H and O–H groups in total. The zero-order valence-corrected chi connectivity index (χ0v) is 25.2. The first kappa shape index (κ1) is 30.9. The van der Waals surface area contributed by atoms with Crippen LogP contribution in [0.3, 0.4) is 0 Å². The second-order valence-corrected chi connectivity index (χ2v) is 13.5. The van der Waals surface area contributed by atoms with Crippen molar-refractivity contribution in [2.24, 2.45) is 5.92 Å². The molecule has 226 valence electrons. The van der Waals surface area contributed by atoms with Crippen molar-refractivity contribution in [3.05, 3.63) is 131 Å². The minimum absolute atomic E-state index is 0.0563. The lowest BCUT2D eigenvalue weighted by Gasteiger charge is -2.24. The molecule has 9 heteroatoms. The van der Waals surface area contributed by atoms with Gasteiger partial charge in [0.2, 0.25) is 7.37 Å². The zero-order valence-electron chi connectivity index (χ0n) is 24.3. The second-order valence-electron chi connectivity index (χ2n) is 10.9. The number of Topliss-reactive ketones (excluding diaryl/α,β-unsaturated/α-hetero) is 1. The van der Waals surface area contributed by atoms with Crippen molar-refractivity contribution in [1.82, 2.24) is 5.32 Å². The number of ether oxygens (including phenoxy) is 2. The molecule has 0 spiro atoms. The first-order valence-corrected chi connectivity index (χ1v) is 16.4. The molecule has 8 nitrogen and oxygen atoms in total. The van der Waals surface area contributed by atoms with Gasteiger partial charge in [-0.15, -0.1) is 0 Å². The van der Waals surface area contributed by atoms with E-state index in [-0.39, 0.29) is 24.7 Å². The molecule has 0 heterocycles. The number of fused-ring (bicyclic) bond motifs is 3. The maximum atomic E-state index is 13.5. The Morgan fingerprint density at radius 1 is 0.795 bits per heavy atom. The molecule has 0 saturated heterocycles. The Balaban J connectivity index is 1.21. The van der Waals surface area contributed by atoms with Crippen molar-refractivity contribution in [3.8, 4) is 11.1 Å². The topological polar surface area (TPSA) is 119 Å². The Labute approximate surface area is 256 Å². The van der Waals surface area contributed by atoms with E-state index in [0.717, 1.165) is 27.8 Å². The van der Waals surface area contributed by atoms with Gasteiger partial charge in [0.25, 0.3) is 0 Å². The van der Waals surface area contributed by atoms with Gasteiger partial charge in [-0.3, -0.25) is 14.2 Å². The summed E-state index contributed by atoms with van der Waals surface area (Å²) in [5.74, 6) is -3.53. The number of amides is 1. The van der Waals surface area contributed by atoms with E-state index in [2.05, 4.69) is 5.32 Å². The molecule has 0 radical (unpaired) electrons. The molecule has 3 unspecified atom stereocenters. The van der Waals surface area contributed by atoms with Gasteiger partial charge in [-0.1, -0.05) is 109 Å².